The van der Waals surface area contributed by atoms with Crippen molar-refractivity contribution in [1.29, 1.82) is 0 Å². The molecule has 1 saturated heterocycles. The molecule has 1 aliphatic heterocycles. The van der Waals surface area contributed by atoms with Crippen molar-refractivity contribution in [3.63, 3.8) is 0 Å². The molecular weight excluding hydrogens is 253 g/mol. The fourth-order valence-corrected chi connectivity index (χ4v) is 2.68. The second kappa shape index (κ2) is 4.56. The van der Waals surface area contributed by atoms with E-state index in [2.05, 4.69) is 10.3 Å². The topological polar surface area (TPSA) is 27.8 Å². The van der Waals surface area contributed by atoms with E-state index in [1.54, 1.807) is 0 Å². The number of piperidine rings is 1. The first-order valence-electron chi connectivity index (χ1n) is 6.44. The smallest absolute Gasteiger partial charge is 0.358 e. The van der Waals surface area contributed by atoms with Crippen LogP contribution >= 0.6 is 0 Å². The first-order chi connectivity index (χ1) is 9.04. The molecule has 19 heavy (non-hydrogen) atoms. The number of fused-ring (bicyclic) bond motifs is 1. The first-order valence-corrected chi connectivity index (χ1v) is 6.44. The Morgan fingerprint density at radius 2 is 1.79 bits per heavy atom. The lowest BCUT2D eigenvalue weighted by Crippen LogP contribution is -2.26. The third kappa shape index (κ3) is 2.47. The minimum Gasteiger partial charge on any atom is -0.358 e. The average molecular weight is 268 g/mol. The van der Waals surface area contributed by atoms with Gasteiger partial charge in [-0.15, -0.1) is 0 Å². The zero-order valence-corrected chi connectivity index (χ0v) is 10.3. The van der Waals surface area contributed by atoms with Crippen molar-refractivity contribution in [2.24, 2.45) is 0 Å². The van der Waals surface area contributed by atoms with Gasteiger partial charge < -0.3 is 10.3 Å². The molecule has 1 aliphatic rings. The van der Waals surface area contributed by atoms with Gasteiger partial charge >= 0.3 is 6.18 Å². The molecule has 0 radical (unpaired) electrons. The van der Waals surface area contributed by atoms with Gasteiger partial charge in [0.05, 0.1) is 5.56 Å². The fourth-order valence-electron chi connectivity index (χ4n) is 2.68. The van der Waals surface area contributed by atoms with Gasteiger partial charge in [0, 0.05) is 22.5 Å². The van der Waals surface area contributed by atoms with Crippen molar-refractivity contribution >= 4 is 10.9 Å². The highest BCUT2D eigenvalue weighted by Gasteiger charge is 2.30. The Labute approximate surface area is 109 Å². The summed E-state index contributed by atoms with van der Waals surface area (Å²) in [5, 5.41) is 3.93. The molecule has 102 valence electrons. The van der Waals surface area contributed by atoms with Gasteiger partial charge in [-0.25, -0.2) is 0 Å². The molecule has 0 atom stereocenters. The molecule has 0 aliphatic carbocycles. The number of nitrogens with one attached hydrogen (secondary N) is 2. The molecule has 2 heterocycles. The van der Waals surface area contributed by atoms with Crippen LogP contribution in [-0.2, 0) is 6.18 Å². The quantitative estimate of drug-likeness (QED) is 0.811. The van der Waals surface area contributed by atoms with Crippen molar-refractivity contribution in [2.75, 3.05) is 13.1 Å². The zero-order valence-electron chi connectivity index (χ0n) is 10.3. The maximum absolute atomic E-state index is 12.7. The number of benzene rings is 1. The van der Waals surface area contributed by atoms with Crippen LogP contribution in [0.1, 0.15) is 30.0 Å². The number of H-pyrrole nitrogens is 1. The molecule has 0 unspecified atom stereocenters. The normalized spacial score (nSPS) is 18.1. The molecular formula is C14H15F3N2. The Morgan fingerprint density at radius 3 is 2.47 bits per heavy atom. The number of hydrogen-bond acceptors (Lipinski definition) is 1. The second-order valence-corrected chi connectivity index (χ2v) is 5.05. The van der Waals surface area contributed by atoms with Crippen molar-refractivity contribution in [3.8, 4) is 0 Å². The van der Waals surface area contributed by atoms with Crippen molar-refractivity contribution in [2.45, 2.75) is 24.9 Å². The van der Waals surface area contributed by atoms with E-state index in [0.717, 1.165) is 43.2 Å². The van der Waals surface area contributed by atoms with Crippen LogP contribution in [0.3, 0.4) is 0 Å². The van der Waals surface area contributed by atoms with Gasteiger partial charge in [0.1, 0.15) is 0 Å². The highest BCUT2D eigenvalue weighted by Crippen LogP contribution is 2.33. The fraction of sp³-hybridized carbons (Fsp3) is 0.429. The van der Waals surface area contributed by atoms with E-state index in [1.165, 1.54) is 12.1 Å². The molecule has 0 spiro atoms. The average Bonchev–Trinajstić information content (AvgIpc) is 2.81. The summed E-state index contributed by atoms with van der Waals surface area (Å²) in [5.41, 5.74) is 1.24. The maximum Gasteiger partial charge on any atom is 0.416 e. The third-order valence-corrected chi connectivity index (χ3v) is 3.75. The SMILES string of the molecule is FC(F)(F)c1ccc2[nH]c(C3CCNCC3)cc2c1. The van der Waals surface area contributed by atoms with E-state index in [1.807, 2.05) is 6.07 Å². The molecule has 2 N–H and O–H groups in total. The molecule has 1 fully saturated rings. The Bertz CT molecular complexity index is 580. The van der Waals surface area contributed by atoms with Crippen molar-refractivity contribution in [3.05, 3.63) is 35.5 Å². The lowest BCUT2D eigenvalue weighted by molar-refractivity contribution is -0.137. The highest BCUT2D eigenvalue weighted by molar-refractivity contribution is 5.81. The first kappa shape index (κ1) is 12.5. The zero-order chi connectivity index (χ0) is 13.5. The summed E-state index contributed by atoms with van der Waals surface area (Å²) in [6.45, 7) is 1.93. The molecule has 2 aromatic rings. The summed E-state index contributed by atoms with van der Waals surface area (Å²) >= 11 is 0. The Balaban J connectivity index is 1.96. The summed E-state index contributed by atoms with van der Waals surface area (Å²) in [6, 6.07) is 5.73. The molecule has 0 saturated carbocycles. The van der Waals surface area contributed by atoms with E-state index in [9.17, 15) is 13.2 Å². The van der Waals surface area contributed by atoms with Crippen LogP contribution in [0.25, 0.3) is 10.9 Å². The van der Waals surface area contributed by atoms with Crippen LogP contribution in [-0.4, -0.2) is 18.1 Å². The number of hydrogen-bond donors (Lipinski definition) is 2. The number of alkyl halides is 3. The summed E-state index contributed by atoms with van der Waals surface area (Å²) in [6.07, 6.45) is -2.22. The lowest BCUT2D eigenvalue weighted by Gasteiger charge is -2.21. The van der Waals surface area contributed by atoms with Crippen LogP contribution in [0.4, 0.5) is 13.2 Å². The number of rotatable bonds is 1. The van der Waals surface area contributed by atoms with E-state index in [-0.39, 0.29) is 0 Å². The van der Waals surface area contributed by atoms with Gasteiger partial charge in [-0.05, 0) is 50.2 Å². The van der Waals surface area contributed by atoms with Gasteiger partial charge in [0.2, 0.25) is 0 Å². The minimum atomic E-state index is -4.28. The Morgan fingerprint density at radius 1 is 1.05 bits per heavy atom. The number of aromatic nitrogens is 1. The molecule has 1 aromatic carbocycles. The van der Waals surface area contributed by atoms with E-state index in [0.29, 0.717) is 11.3 Å². The van der Waals surface area contributed by atoms with E-state index in [4.69, 9.17) is 0 Å². The van der Waals surface area contributed by atoms with Crippen LogP contribution in [0.15, 0.2) is 24.3 Å². The molecule has 0 amide bonds. The van der Waals surface area contributed by atoms with Gasteiger partial charge in [-0.1, -0.05) is 0 Å². The van der Waals surface area contributed by atoms with Crippen molar-refractivity contribution < 1.29 is 13.2 Å². The maximum atomic E-state index is 12.7. The largest absolute Gasteiger partial charge is 0.416 e. The highest BCUT2D eigenvalue weighted by atomic mass is 19.4. The molecule has 5 heteroatoms. The second-order valence-electron chi connectivity index (χ2n) is 5.05. The number of halogens is 3. The van der Waals surface area contributed by atoms with Crippen LogP contribution in [0.5, 0.6) is 0 Å². The minimum absolute atomic E-state index is 0.419. The monoisotopic (exact) mass is 268 g/mol. The summed E-state index contributed by atoms with van der Waals surface area (Å²) < 4.78 is 38.0. The summed E-state index contributed by atoms with van der Waals surface area (Å²) in [7, 11) is 0. The van der Waals surface area contributed by atoms with Crippen molar-refractivity contribution in [1.82, 2.24) is 10.3 Å². The van der Waals surface area contributed by atoms with Gasteiger partial charge in [0.15, 0.2) is 0 Å². The Kier molecular flexibility index (Phi) is 3.01. The van der Waals surface area contributed by atoms with E-state index < -0.39 is 11.7 Å². The molecule has 3 rings (SSSR count). The van der Waals surface area contributed by atoms with Crippen LogP contribution < -0.4 is 5.32 Å². The third-order valence-electron chi connectivity index (χ3n) is 3.75. The summed E-state index contributed by atoms with van der Waals surface area (Å²) in [4.78, 5) is 3.25. The van der Waals surface area contributed by atoms with Crippen LogP contribution in [0, 0.1) is 0 Å². The standard InChI is InChI=1S/C14H15F3N2/c15-14(16,17)11-1-2-12-10(7-11)8-13(19-12)9-3-5-18-6-4-9/h1-2,7-9,18-19H,3-6H2. The number of aromatic amines is 1. The molecule has 0 bridgehead atoms. The predicted molar refractivity (Wildman–Crippen MR) is 68.1 cm³/mol. The summed E-state index contributed by atoms with van der Waals surface area (Å²) in [5.74, 6) is 0.419. The van der Waals surface area contributed by atoms with E-state index >= 15 is 0 Å². The predicted octanol–water partition coefficient (Wildman–Crippen LogP) is 3.65. The lowest BCUT2D eigenvalue weighted by atomic mass is 9.95. The van der Waals surface area contributed by atoms with Gasteiger partial charge in [-0.3, -0.25) is 0 Å². The van der Waals surface area contributed by atoms with Gasteiger partial charge in [-0.2, -0.15) is 13.2 Å². The Hall–Kier alpha value is -1.49. The molecule has 2 nitrogen and oxygen atoms in total. The molecule has 1 aromatic heterocycles. The van der Waals surface area contributed by atoms with Crippen LogP contribution in [0.2, 0.25) is 0 Å². The van der Waals surface area contributed by atoms with Gasteiger partial charge in [0.25, 0.3) is 0 Å².